The summed E-state index contributed by atoms with van der Waals surface area (Å²) >= 11 is 1.05. The van der Waals surface area contributed by atoms with Gasteiger partial charge in [0.15, 0.2) is 5.78 Å². The monoisotopic (exact) mass is 361 g/mol. The second kappa shape index (κ2) is 8.48. The van der Waals surface area contributed by atoms with Crippen molar-refractivity contribution in [2.75, 3.05) is 17.7 Å². The second-order valence-corrected chi connectivity index (χ2v) is 6.13. The van der Waals surface area contributed by atoms with Crippen LogP contribution in [0.1, 0.15) is 29.9 Å². The maximum absolute atomic E-state index is 12.2. The molecule has 0 bridgehead atoms. The van der Waals surface area contributed by atoms with Crippen molar-refractivity contribution >= 4 is 29.1 Å². The summed E-state index contributed by atoms with van der Waals surface area (Å²) in [6.45, 7) is 5.37. The van der Waals surface area contributed by atoms with Crippen molar-refractivity contribution in [3.05, 3.63) is 46.0 Å². The van der Waals surface area contributed by atoms with E-state index in [9.17, 15) is 14.4 Å². The number of aromatic nitrogens is 2. The molecule has 1 aromatic carbocycles. The lowest BCUT2D eigenvalue weighted by Gasteiger charge is -2.11. The highest BCUT2D eigenvalue weighted by atomic mass is 32.2. The average molecular weight is 361 g/mol. The summed E-state index contributed by atoms with van der Waals surface area (Å²) in [5.41, 5.74) is 0.785. The minimum atomic E-state index is -0.549. The second-order valence-electron chi connectivity index (χ2n) is 5.17. The Hall–Kier alpha value is -2.61. The number of ether oxygens (including phenoxy) is 1. The fourth-order valence-electron chi connectivity index (χ4n) is 2.25. The van der Waals surface area contributed by atoms with E-state index in [4.69, 9.17) is 4.74 Å². The van der Waals surface area contributed by atoms with Crippen LogP contribution in [0.2, 0.25) is 0 Å². The summed E-state index contributed by atoms with van der Waals surface area (Å²) < 4.78 is 5.46. The Labute approximate surface area is 149 Å². The molecule has 1 amide bonds. The molecule has 0 aliphatic rings. The van der Waals surface area contributed by atoms with Crippen molar-refractivity contribution in [2.24, 2.45) is 0 Å². The van der Waals surface area contributed by atoms with Crippen LogP contribution in [0.25, 0.3) is 0 Å². The number of nitrogens with one attached hydrogen (secondary N) is 2. The number of aromatic amines is 1. The van der Waals surface area contributed by atoms with Gasteiger partial charge in [-0.3, -0.25) is 9.59 Å². The molecule has 8 heteroatoms. The number of carbonyl (C=O) groups excluding carboxylic acids is 2. The van der Waals surface area contributed by atoms with Crippen molar-refractivity contribution in [1.29, 1.82) is 0 Å². The number of aryl methyl sites for hydroxylation is 1. The minimum absolute atomic E-state index is 0.0105. The summed E-state index contributed by atoms with van der Waals surface area (Å²) in [6.07, 6.45) is 0. The Bertz CT molecular complexity index is 848. The first-order valence-electron chi connectivity index (χ1n) is 7.68. The van der Waals surface area contributed by atoms with Crippen LogP contribution < -0.4 is 15.7 Å². The number of carbonyl (C=O) groups is 2. The molecule has 0 saturated carbocycles. The lowest BCUT2D eigenvalue weighted by molar-refractivity contribution is -0.113. The molecule has 0 radical (unpaired) electrons. The van der Waals surface area contributed by atoms with Crippen LogP contribution in [-0.4, -0.2) is 34.0 Å². The third-order valence-corrected chi connectivity index (χ3v) is 4.21. The number of benzene rings is 1. The van der Waals surface area contributed by atoms with Crippen LogP contribution in [0.15, 0.2) is 34.1 Å². The molecular weight excluding hydrogens is 342 g/mol. The van der Waals surface area contributed by atoms with E-state index in [-0.39, 0.29) is 22.5 Å². The maximum atomic E-state index is 12.2. The SMILES string of the molecule is CCOc1ccccc1NC(=O)CSc1nc(=O)[nH]c(C)c1C(C)=O. The number of Topliss-reactive ketones (excluding diaryl/α,β-unsaturated/α-hetero) is 1. The Morgan fingerprint density at radius 1 is 1.32 bits per heavy atom. The maximum Gasteiger partial charge on any atom is 0.346 e. The standard InChI is InChI=1S/C17H19N3O4S/c1-4-24-13-8-6-5-7-12(13)19-14(22)9-25-16-15(11(3)21)10(2)18-17(23)20-16/h5-8H,4,9H2,1-3H3,(H,19,22)(H,18,20,23). The number of anilines is 1. The van der Waals surface area contributed by atoms with Gasteiger partial charge in [0.25, 0.3) is 0 Å². The number of H-pyrrole nitrogens is 1. The largest absolute Gasteiger partial charge is 0.492 e. The van der Waals surface area contributed by atoms with Crippen molar-refractivity contribution < 1.29 is 14.3 Å². The highest BCUT2D eigenvalue weighted by Gasteiger charge is 2.16. The van der Waals surface area contributed by atoms with E-state index in [2.05, 4.69) is 15.3 Å². The van der Waals surface area contributed by atoms with Gasteiger partial charge in [0.05, 0.1) is 23.6 Å². The van der Waals surface area contributed by atoms with Crippen LogP contribution in [0.5, 0.6) is 5.75 Å². The zero-order valence-electron chi connectivity index (χ0n) is 14.2. The minimum Gasteiger partial charge on any atom is -0.492 e. The van der Waals surface area contributed by atoms with Crippen LogP contribution in [0.4, 0.5) is 5.69 Å². The van der Waals surface area contributed by atoms with Gasteiger partial charge in [-0.05, 0) is 32.9 Å². The van der Waals surface area contributed by atoms with Gasteiger partial charge in [0.1, 0.15) is 10.8 Å². The van der Waals surface area contributed by atoms with Gasteiger partial charge in [-0.25, -0.2) is 4.79 Å². The van der Waals surface area contributed by atoms with Crippen LogP contribution in [0.3, 0.4) is 0 Å². The van der Waals surface area contributed by atoms with E-state index in [1.807, 2.05) is 13.0 Å². The number of thioether (sulfide) groups is 1. The quantitative estimate of drug-likeness (QED) is 0.446. The van der Waals surface area contributed by atoms with Gasteiger partial charge in [-0.2, -0.15) is 4.98 Å². The molecular formula is C17H19N3O4S. The first kappa shape index (κ1) is 18.7. The normalized spacial score (nSPS) is 10.4. The number of rotatable bonds is 7. The average Bonchev–Trinajstić information content (AvgIpc) is 2.54. The Kier molecular flexibility index (Phi) is 6.35. The van der Waals surface area contributed by atoms with E-state index in [1.54, 1.807) is 25.1 Å². The first-order chi connectivity index (χ1) is 11.9. The fraction of sp³-hybridized carbons (Fsp3) is 0.294. The number of ketones is 1. The highest BCUT2D eigenvalue weighted by Crippen LogP contribution is 2.25. The molecule has 2 aromatic rings. The number of amides is 1. The lowest BCUT2D eigenvalue weighted by atomic mass is 10.2. The fourth-order valence-corrected chi connectivity index (χ4v) is 3.18. The van der Waals surface area contributed by atoms with E-state index < -0.39 is 5.69 Å². The number of nitrogens with zero attached hydrogens (tertiary/aromatic N) is 1. The molecule has 25 heavy (non-hydrogen) atoms. The Morgan fingerprint density at radius 3 is 2.72 bits per heavy atom. The van der Waals surface area contributed by atoms with E-state index in [1.165, 1.54) is 6.92 Å². The number of hydrogen-bond donors (Lipinski definition) is 2. The third-order valence-electron chi connectivity index (χ3n) is 3.24. The van der Waals surface area contributed by atoms with Crippen LogP contribution >= 0.6 is 11.8 Å². The van der Waals surface area contributed by atoms with Gasteiger partial charge in [0, 0.05) is 5.69 Å². The molecule has 1 heterocycles. The van der Waals surface area contributed by atoms with Gasteiger partial charge in [0.2, 0.25) is 5.91 Å². The van der Waals surface area contributed by atoms with E-state index >= 15 is 0 Å². The van der Waals surface area contributed by atoms with E-state index in [0.717, 1.165) is 11.8 Å². The number of hydrogen-bond acceptors (Lipinski definition) is 6. The zero-order valence-corrected chi connectivity index (χ0v) is 15.0. The van der Waals surface area contributed by atoms with Gasteiger partial charge in [-0.15, -0.1) is 0 Å². The van der Waals surface area contributed by atoms with Crippen molar-refractivity contribution in [1.82, 2.24) is 9.97 Å². The van der Waals surface area contributed by atoms with Gasteiger partial charge < -0.3 is 15.0 Å². The zero-order chi connectivity index (χ0) is 18.4. The molecule has 0 saturated heterocycles. The molecule has 0 fully saturated rings. The summed E-state index contributed by atoms with van der Waals surface area (Å²) in [7, 11) is 0. The molecule has 0 spiro atoms. The molecule has 1 aromatic heterocycles. The first-order valence-corrected chi connectivity index (χ1v) is 8.67. The Balaban J connectivity index is 2.11. The van der Waals surface area contributed by atoms with Crippen molar-refractivity contribution in [2.45, 2.75) is 25.8 Å². The highest BCUT2D eigenvalue weighted by molar-refractivity contribution is 8.00. The summed E-state index contributed by atoms with van der Waals surface area (Å²) in [4.78, 5) is 41.8. The molecule has 7 nitrogen and oxygen atoms in total. The van der Waals surface area contributed by atoms with Gasteiger partial charge >= 0.3 is 5.69 Å². The molecule has 0 aliphatic carbocycles. The van der Waals surface area contributed by atoms with E-state index in [0.29, 0.717) is 29.3 Å². The molecule has 0 aliphatic heterocycles. The van der Waals surface area contributed by atoms with Crippen LogP contribution in [-0.2, 0) is 4.79 Å². The van der Waals surface area contributed by atoms with Crippen molar-refractivity contribution in [3.8, 4) is 5.75 Å². The molecule has 0 unspecified atom stereocenters. The number of para-hydroxylation sites is 2. The molecule has 2 N–H and O–H groups in total. The molecule has 132 valence electrons. The van der Waals surface area contributed by atoms with Gasteiger partial charge in [-0.1, -0.05) is 23.9 Å². The van der Waals surface area contributed by atoms with Crippen molar-refractivity contribution in [3.63, 3.8) is 0 Å². The summed E-state index contributed by atoms with van der Waals surface area (Å²) in [5.74, 6) is 0.0894. The third kappa shape index (κ3) is 4.93. The summed E-state index contributed by atoms with van der Waals surface area (Å²) in [5, 5.41) is 3.01. The Morgan fingerprint density at radius 2 is 2.04 bits per heavy atom. The smallest absolute Gasteiger partial charge is 0.346 e. The predicted octanol–water partition coefficient (Wildman–Crippen LogP) is 2.41. The summed E-state index contributed by atoms with van der Waals surface area (Å²) in [6, 6.07) is 7.12. The lowest BCUT2D eigenvalue weighted by Crippen LogP contribution is -2.19. The molecule has 0 atom stereocenters. The van der Waals surface area contributed by atoms with Crippen LogP contribution in [0, 0.1) is 6.92 Å². The molecule has 2 rings (SSSR count). The predicted molar refractivity (Wildman–Crippen MR) is 96.6 cm³/mol. The topological polar surface area (TPSA) is 101 Å².